The molecule has 5 heteroatoms. The Morgan fingerprint density at radius 3 is 2.95 bits per heavy atom. The van der Waals surface area contributed by atoms with Gasteiger partial charge in [-0.05, 0) is 48.2 Å². The lowest BCUT2D eigenvalue weighted by Crippen LogP contribution is -2.23. The maximum Gasteiger partial charge on any atom is 0.270 e. The minimum Gasteiger partial charge on any atom is -0.492 e. The number of H-pyrrole nitrogens is 1. The molecule has 2 aromatic heterocycles. The molecule has 5 nitrogen and oxygen atoms in total. The van der Waals surface area contributed by atoms with E-state index in [4.69, 9.17) is 4.74 Å². The van der Waals surface area contributed by atoms with Crippen LogP contribution in [0, 0.1) is 0 Å². The number of carbonyl (C=O) groups excluding carboxylic acids is 1. The van der Waals surface area contributed by atoms with Crippen molar-refractivity contribution in [2.75, 3.05) is 6.61 Å². The zero-order chi connectivity index (χ0) is 15.4. The summed E-state index contributed by atoms with van der Waals surface area (Å²) in [6, 6.07) is 11.5. The van der Waals surface area contributed by atoms with Crippen LogP contribution in [0.1, 0.15) is 23.0 Å². The molecule has 0 aliphatic rings. The number of amides is 1. The lowest BCUT2D eigenvalue weighted by molar-refractivity contribution is 0.0946. The van der Waals surface area contributed by atoms with Gasteiger partial charge in [0.25, 0.3) is 5.91 Å². The summed E-state index contributed by atoms with van der Waals surface area (Å²) in [5.41, 5.74) is 2.51. The molecule has 3 aromatic rings. The number of fused-ring (bicyclic) bond motifs is 1. The lowest BCUT2D eigenvalue weighted by atomic mass is 10.1. The van der Waals surface area contributed by atoms with Gasteiger partial charge in [-0.1, -0.05) is 6.07 Å². The van der Waals surface area contributed by atoms with Crippen LogP contribution in [-0.2, 0) is 6.54 Å². The molecule has 0 saturated heterocycles. The van der Waals surface area contributed by atoms with Crippen LogP contribution in [0.3, 0.4) is 0 Å². The Hall–Kier alpha value is -2.82. The first-order chi connectivity index (χ1) is 10.8. The predicted molar refractivity (Wildman–Crippen MR) is 84.9 cm³/mol. The third kappa shape index (κ3) is 3.09. The third-order valence-corrected chi connectivity index (χ3v) is 3.35. The highest BCUT2D eigenvalue weighted by Crippen LogP contribution is 2.14. The number of hydrogen-bond donors (Lipinski definition) is 2. The Labute approximate surface area is 128 Å². The summed E-state index contributed by atoms with van der Waals surface area (Å²) in [7, 11) is 0. The molecule has 0 saturated carbocycles. The van der Waals surface area contributed by atoms with Gasteiger partial charge in [0, 0.05) is 18.3 Å². The second-order valence-electron chi connectivity index (χ2n) is 4.89. The highest BCUT2D eigenvalue weighted by Gasteiger charge is 2.07. The predicted octanol–water partition coefficient (Wildman–Crippen LogP) is 2.89. The summed E-state index contributed by atoms with van der Waals surface area (Å²) in [5.74, 6) is 0.467. The van der Waals surface area contributed by atoms with Gasteiger partial charge in [-0.2, -0.15) is 0 Å². The molecule has 0 bridgehead atoms. The van der Waals surface area contributed by atoms with Crippen LogP contribution in [0.5, 0.6) is 5.75 Å². The third-order valence-electron chi connectivity index (χ3n) is 3.35. The molecule has 2 heterocycles. The number of pyridine rings is 1. The smallest absolute Gasteiger partial charge is 0.270 e. The Bertz CT molecular complexity index is 778. The van der Waals surface area contributed by atoms with Crippen molar-refractivity contribution >= 4 is 16.8 Å². The van der Waals surface area contributed by atoms with E-state index in [9.17, 15) is 4.79 Å². The maximum atomic E-state index is 12.1. The molecule has 0 fully saturated rings. The summed E-state index contributed by atoms with van der Waals surface area (Å²) in [6.07, 6.45) is 3.46. The number of carbonyl (C=O) groups is 1. The summed E-state index contributed by atoms with van der Waals surface area (Å²) in [5, 5.41) is 4.00. The van der Waals surface area contributed by atoms with Crippen molar-refractivity contribution in [3.63, 3.8) is 0 Å². The number of ether oxygens (including phenoxy) is 1. The van der Waals surface area contributed by atoms with E-state index >= 15 is 0 Å². The molecular weight excluding hydrogens is 278 g/mol. The SMILES string of the molecule is CCOc1ccc(C(=O)NCc2ccc3[nH]ccc3c2)nc1. The van der Waals surface area contributed by atoms with E-state index in [-0.39, 0.29) is 5.91 Å². The molecular formula is C17H17N3O2. The van der Waals surface area contributed by atoms with Crippen LogP contribution in [0.4, 0.5) is 0 Å². The topological polar surface area (TPSA) is 67.0 Å². The molecule has 0 unspecified atom stereocenters. The summed E-state index contributed by atoms with van der Waals surface area (Å²) < 4.78 is 5.31. The minimum absolute atomic E-state index is 0.197. The average Bonchev–Trinajstić information content (AvgIpc) is 3.01. The van der Waals surface area contributed by atoms with Gasteiger partial charge in [-0.3, -0.25) is 4.79 Å². The zero-order valence-electron chi connectivity index (χ0n) is 12.3. The number of nitrogens with zero attached hydrogens (tertiary/aromatic N) is 1. The van der Waals surface area contributed by atoms with Gasteiger partial charge in [0.2, 0.25) is 0 Å². The molecule has 0 radical (unpaired) electrons. The fourth-order valence-corrected chi connectivity index (χ4v) is 2.25. The molecule has 112 valence electrons. The second-order valence-corrected chi connectivity index (χ2v) is 4.89. The van der Waals surface area contributed by atoms with Crippen LogP contribution in [-0.4, -0.2) is 22.5 Å². The van der Waals surface area contributed by atoms with Gasteiger partial charge in [0.15, 0.2) is 0 Å². The number of aromatic nitrogens is 2. The fraction of sp³-hybridized carbons (Fsp3) is 0.176. The number of rotatable bonds is 5. The van der Waals surface area contributed by atoms with E-state index in [1.54, 1.807) is 18.3 Å². The van der Waals surface area contributed by atoms with Crippen molar-refractivity contribution in [3.05, 3.63) is 60.0 Å². The summed E-state index contributed by atoms with van der Waals surface area (Å²) in [6.45, 7) is 2.95. The molecule has 0 atom stereocenters. The molecule has 0 aliphatic carbocycles. The number of benzene rings is 1. The zero-order valence-corrected chi connectivity index (χ0v) is 12.3. The molecule has 0 spiro atoms. The lowest BCUT2D eigenvalue weighted by Gasteiger charge is -2.06. The van der Waals surface area contributed by atoms with Crippen LogP contribution < -0.4 is 10.1 Å². The van der Waals surface area contributed by atoms with Crippen molar-refractivity contribution in [2.45, 2.75) is 13.5 Å². The van der Waals surface area contributed by atoms with E-state index in [1.807, 2.05) is 31.3 Å². The average molecular weight is 295 g/mol. The first kappa shape index (κ1) is 14.1. The van der Waals surface area contributed by atoms with Crippen LogP contribution in [0.2, 0.25) is 0 Å². The van der Waals surface area contributed by atoms with E-state index in [0.717, 1.165) is 16.5 Å². The van der Waals surface area contributed by atoms with Crippen molar-refractivity contribution < 1.29 is 9.53 Å². The molecule has 0 aliphatic heterocycles. The maximum absolute atomic E-state index is 12.1. The normalized spacial score (nSPS) is 10.6. The largest absolute Gasteiger partial charge is 0.492 e. The Balaban J connectivity index is 1.63. The van der Waals surface area contributed by atoms with E-state index < -0.39 is 0 Å². The Kier molecular flexibility index (Phi) is 4.05. The molecule has 2 N–H and O–H groups in total. The minimum atomic E-state index is -0.197. The molecule has 1 amide bonds. The summed E-state index contributed by atoms with van der Waals surface area (Å²) in [4.78, 5) is 19.3. The summed E-state index contributed by atoms with van der Waals surface area (Å²) >= 11 is 0. The number of hydrogen-bond acceptors (Lipinski definition) is 3. The first-order valence-electron chi connectivity index (χ1n) is 7.19. The molecule has 22 heavy (non-hydrogen) atoms. The van der Waals surface area contributed by atoms with Gasteiger partial charge >= 0.3 is 0 Å². The monoisotopic (exact) mass is 295 g/mol. The Morgan fingerprint density at radius 1 is 1.27 bits per heavy atom. The van der Waals surface area contributed by atoms with E-state index in [1.165, 1.54) is 0 Å². The number of aromatic amines is 1. The van der Waals surface area contributed by atoms with Gasteiger partial charge in [0.1, 0.15) is 11.4 Å². The van der Waals surface area contributed by atoms with Gasteiger partial charge < -0.3 is 15.0 Å². The van der Waals surface area contributed by atoms with Crippen molar-refractivity contribution in [2.24, 2.45) is 0 Å². The van der Waals surface area contributed by atoms with E-state index in [0.29, 0.717) is 24.6 Å². The van der Waals surface area contributed by atoms with Gasteiger partial charge in [0.05, 0.1) is 12.8 Å². The van der Waals surface area contributed by atoms with Crippen LogP contribution >= 0.6 is 0 Å². The second kappa shape index (κ2) is 6.30. The van der Waals surface area contributed by atoms with Crippen molar-refractivity contribution in [1.29, 1.82) is 0 Å². The van der Waals surface area contributed by atoms with Gasteiger partial charge in [-0.15, -0.1) is 0 Å². The Morgan fingerprint density at radius 2 is 2.18 bits per heavy atom. The van der Waals surface area contributed by atoms with Gasteiger partial charge in [-0.25, -0.2) is 4.98 Å². The standard InChI is InChI=1S/C17H17N3O2/c1-2-22-14-4-6-16(19-11-14)17(21)20-10-12-3-5-15-13(9-12)7-8-18-15/h3-9,11,18H,2,10H2,1H3,(H,20,21). The quantitative estimate of drug-likeness (QED) is 0.760. The number of nitrogens with one attached hydrogen (secondary N) is 2. The van der Waals surface area contributed by atoms with Crippen molar-refractivity contribution in [3.8, 4) is 5.75 Å². The highest BCUT2D eigenvalue weighted by molar-refractivity contribution is 5.92. The first-order valence-corrected chi connectivity index (χ1v) is 7.19. The van der Waals surface area contributed by atoms with E-state index in [2.05, 4.69) is 21.4 Å². The fourth-order valence-electron chi connectivity index (χ4n) is 2.25. The highest BCUT2D eigenvalue weighted by atomic mass is 16.5. The molecule has 1 aromatic carbocycles. The van der Waals surface area contributed by atoms with Crippen LogP contribution in [0.15, 0.2) is 48.8 Å². The van der Waals surface area contributed by atoms with Crippen LogP contribution in [0.25, 0.3) is 10.9 Å². The molecule has 3 rings (SSSR count). The van der Waals surface area contributed by atoms with Crippen molar-refractivity contribution in [1.82, 2.24) is 15.3 Å².